The van der Waals surface area contributed by atoms with Gasteiger partial charge in [-0.25, -0.2) is 0 Å². The van der Waals surface area contributed by atoms with Gasteiger partial charge in [0.25, 0.3) is 0 Å². The van der Waals surface area contributed by atoms with Crippen LogP contribution in [0.25, 0.3) is 0 Å². The lowest BCUT2D eigenvalue weighted by atomic mass is 9.98. The Labute approximate surface area is 69.0 Å². The van der Waals surface area contributed by atoms with Gasteiger partial charge in [0.05, 0.1) is 0 Å². The number of rotatable bonds is 2. The highest BCUT2D eigenvalue weighted by Gasteiger charge is 2.19. The molecule has 1 unspecified atom stereocenters. The van der Waals surface area contributed by atoms with Crippen LogP contribution in [0.4, 0.5) is 0 Å². The molecule has 1 aliphatic carbocycles. The topological polar surface area (TPSA) is 0 Å². The van der Waals surface area contributed by atoms with E-state index >= 15 is 0 Å². The number of terminal acetylenes is 1. The molecule has 1 aliphatic rings. The Morgan fingerprint density at radius 3 is 3.09 bits per heavy atom. The molecule has 0 aliphatic heterocycles. The van der Waals surface area contributed by atoms with E-state index in [-0.39, 0.29) is 0 Å². The van der Waals surface area contributed by atoms with E-state index in [1.165, 1.54) is 24.8 Å². The summed E-state index contributed by atoms with van der Waals surface area (Å²) in [4.78, 5) is 0. The molecular formula is C11H14. The molecule has 0 N–H and O–H groups in total. The monoisotopic (exact) mass is 146 g/mol. The van der Waals surface area contributed by atoms with Gasteiger partial charge in [-0.1, -0.05) is 6.58 Å². The molecule has 1 rings (SSSR count). The zero-order valence-electron chi connectivity index (χ0n) is 6.90. The molecule has 1 saturated carbocycles. The first kappa shape index (κ1) is 8.18. The Morgan fingerprint density at radius 1 is 1.64 bits per heavy atom. The minimum absolute atomic E-state index is 0.698. The van der Waals surface area contributed by atoms with Gasteiger partial charge < -0.3 is 0 Å². The van der Waals surface area contributed by atoms with Gasteiger partial charge in [-0.2, -0.15) is 0 Å². The maximum atomic E-state index is 5.20. The van der Waals surface area contributed by atoms with Gasteiger partial charge in [-0.3, -0.25) is 0 Å². The molecule has 0 amide bonds. The van der Waals surface area contributed by atoms with Gasteiger partial charge in [0, 0.05) is 6.42 Å². The Morgan fingerprint density at radius 2 is 2.45 bits per heavy atom. The van der Waals surface area contributed by atoms with Crippen LogP contribution in [0.15, 0.2) is 17.9 Å². The summed E-state index contributed by atoms with van der Waals surface area (Å²) >= 11 is 0. The van der Waals surface area contributed by atoms with Gasteiger partial charge >= 0.3 is 0 Å². The molecule has 0 radical (unpaired) electrons. The third-order valence-corrected chi connectivity index (χ3v) is 2.36. The fourth-order valence-electron chi connectivity index (χ4n) is 1.73. The second-order valence-electron chi connectivity index (χ2n) is 3.03. The summed E-state index contributed by atoms with van der Waals surface area (Å²) in [6, 6.07) is 0. The van der Waals surface area contributed by atoms with E-state index < -0.39 is 0 Å². The van der Waals surface area contributed by atoms with Crippen molar-refractivity contribution in [2.45, 2.75) is 32.1 Å². The van der Waals surface area contributed by atoms with Gasteiger partial charge in [0.2, 0.25) is 0 Å². The summed E-state index contributed by atoms with van der Waals surface area (Å²) in [6.07, 6.45) is 11.0. The highest BCUT2D eigenvalue weighted by molar-refractivity contribution is 5.09. The van der Waals surface area contributed by atoms with Gasteiger partial charge in [0.1, 0.15) is 0 Å². The van der Waals surface area contributed by atoms with Crippen LogP contribution in [0, 0.1) is 18.3 Å². The molecule has 58 valence electrons. The summed E-state index contributed by atoms with van der Waals surface area (Å²) in [5, 5.41) is 0. The minimum Gasteiger partial charge on any atom is -0.129 e. The fraction of sp³-hybridized carbons (Fsp3) is 0.545. The highest BCUT2D eigenvalue weighted by Crippen LogP contribution is 2.33. The largest absolute Gasteiger partial charge is 0.129 e. The molecule has 0 saturated heterocycles. The predicted molar refractivity (Wildman–Crippen MR) is 48.1 cm³/mol. The van der Waals surface area contributed by atoms with Crippen molar-refractivity contribution >= 4 is 0 Å². The Bertz CT molecular complexity index is 211. The first-order valence-corrected chi connectivity index (χ1v) is 4.20. The summed E-state index contributed by atoms with van der Waals surface area (Å²) in [5.41, 5.74) is 4.42. The highest BCUT2D eigenvalue weighted by atomic mass is 14.2. The smallest absolute Gasteiger partial charge is 0.00919 e. The molecule has 0 spiro atoms. The van der Waals surface area contributed by atoms with Crippen LogP contribution in [0.3, 0.4) is 0 Å². The number of hydrogen-bond donors (Lipinski definition) is 0. The normalized spacial score (nSPS) is 22.8. The van der Waals surface area contributed by atoms with E-state index in [9.17, 15) is 0 Å². The average Bonchev–Trinajstić information content (AvgIpc) is 2.47. The first-order chi connectivity index (χ1) is 5.38. The lowest BCUT2D eigenvalue weighted by Crippen LogP contribution is -1.94. The summed E-state index contributed by atoms with van der Waals surface area (Å²) < 4.78 is 0. The molecule has 0 bridgehead atoms. The van der Waals surface area contributed by atoms with E-state index in [4.69, 9.17) is 6.42 Å². The maximum Gasteiger partial charge on any atom is 0.00919 e. The van der Waals surface area contributed by atoms with Gasteiger partial charge in [-0.15, -0.1) is 18.1 Å². The Hall–Kier alpha value is -0.920. The zero-order chi connectivity index (χ0) is 8.10. The lowest BCUT2D eigenvalue weighted by molar-refractivity contribution is 0.584. The fourth-order valence-corrected chi connectivity index (χ4v) is 1.73. The van der Waals surface area contributed by atoms with Crippen LogP contribution in [-0.2, 0) is 0 Å². The van der Waals surface area contributed by atoms with E-state index in [1.807, 2.05) is 0 Å². The van der Waals surface area contributed by atoms with E-state index in [1.54, 1.807) is 0 Å². The van der Waals surface area contributed by atoms with Crippen molar-refractivity contribution in [3.63, 3.8) is 0 Å². The summed E-state index contributed by atoms with van der Waals surface area (Å²) in [7, 11) is 0. The Balaban J connectivity index is 2.46. The van der Waals surface area contributed by atoms with Crippen LogP contribution in [0.1, 0.15) is 32.1 Å². The lowest BCUT2D eigenvalue weighted by Gasteiger charge is -2.06. The third kappa shape index (κ3) is 2.00. The second kappa shape index (κ2) is 4.06. The van der Waals surface area contributed by atoms with Crippen LogP contribution >= 0.6 is 0 Å². The molecule has 0 nitrogen and oxygen atoms in total. The standard InChI is InChI=1S/C11H14/c1-3-5-7-11-9-6-8-10(11)4-2/h1,11H,2,5-9H2. The van der Waals surface area contributed by atoms with Crippen molar-refractivity contribution in [3.05, 3.63) is 17.9 Å². The van der Waals surface area contributed by atoms with Crippen molar-refractivity contribution in [1.82, 2.24) is 0 Å². The molecule has 0 aromatic rings. The van der Waals surface area contributed by atoms with Crippen LogP contribution in [-0.4, -0.2) is 0 Å². The van der Waals surface area contributed by atoms with Crippen LogP contribution in [0.5, 0.6) is 0 Å². The predicted octanol–water partition coefficient (Wildman–Crippen LogP) is 2.91. The Kier molecular flexibility index (Phi) is 3.02. The maximum absolute atomic E-state index is 5.20. The summed E-state index contributed by atoms with van der Waals surface area (Å²) in [5.74, 6) is 3.38. The molecule has 0 aromatic carbocycles. The molecule has 0 aromatic heterocycles. The van der Waals surface area contributed by atoms with E-state index in [0.717, 1.165) is 12.8 Å². The van der Waals surface area contributed by atoms with Gasteiger partial charge in [0.15, 0.2) is 0 Å². The SMILES string of the molecule is C#CCCC1CCCC1=C=C. The average molecular weight is 146 g/mol. The third-order valence-electron chi connectivity index (χ3n) is 2.36. The van der Waals surface area contributed by atoms with Crippen LogP contribution < -0.4 is 0 Å². The number of hydrogen-bond acceptors (Lipinski definition) is 0. The molecular weight excluding hydrogens is 132 g/mol. The minimum atomic E-state index is 0.698. The second-order valence-corrected chi connectivity index (χ2v) is 3.03. The molecule has 11 heavy (non-hydrogen) atoms. The zero-order valence-corrected chi connectivity index (χ0v) is 6.90. The quantitative estimate of drug-likeness (QED) is 0.415. The van der Waals surface area contributed by atoms with Crippen LogP contribution in [0.2, 0.25) is 0 Å². The first-order valence-electron chi connectivity index (χ1n) is 4.20. The molecule has 0 heterocycles. The van der Waals surface area contributed by atoms with E-state index in [0.29, 0.717) is 5.92 Å². The number of allylic oxidation sites excluding steroid dienone is 1. The van der Waals surface area contributed by atoms with Crippen molar-refractivity contribution < 1.29 is 0 Å². The van der Waals surface area contributed by atoms with Crippen molar-refractivity contribution in [2.75, 3.05) is 0 Å². The molecule has 0 heteroatoms. The molecule has 1 atom stereocenters. The molecule has 1 fully saturated rings. The van der Waals surface area contributed by atoms with Crippen molar-refractivity contribution in [1.29, 1.82) is 0 Å². The van der Waals surface area contributed by atoms with Gasteiger partial charge in [-0.05, 0) is 37.2 Å². The van der Waals surface area contributed by atoms with Crippen molar-refractivity contribution in [2.24, 2.45) is 5.92 Å². The van der Waals surface area contributed by atoms with E-state index in [2.05, 4.69) is 18.2 Å². The van der Waals surface area contributed by atoms with Crippen molar-refractivity contribution in [3.8, 4) is 12.3 Å². The summed E-state index contributed by atoms with van der Waals surface area (Å²) in [6.45, 7) is 3.69.